The van der Waals surface area contributed by atoms with E-state index >= 15 is 0 Å². The Labute approximate surface area is 71.3 Å². The van der Waals surface area contributed by atoms with Gasteiger partial charge < -0.3 is 11.5 Å². The van der Waals surface area contributed by atoms with Crippen LogP contribution in [0.25, 0.3) is 0 Å². The van der Waals surface area contributed by atoms with Crippen LogP contribution in [0.4, 0.5) is 0 Å². The van der Waals surface area contributed by atoms with Crippen LogP contribution >= 0.6 is 0 Å². The van der Waals surface area contributed by atoms with Gasteiger partial charge in [-0.05, 0) is 19.3 Å². The molecule has 0 unspecified atom stereocenters. The van der Waals surface area contributed by atoms with Gasteiger partial charge in [0.05, 0.1) is 6.04 Å². The number of amides is 1. The van der Waals surface area contributed by atoms with E-state index < -0.39 is 11.9 Å². The largest absolute Gasteiger partial charge is 0.368 e. The lowest BCUT2D eigenvalue weighted by molar-refractivity contribution is -0.122. The van der Waals surface area contributed by atoms with E-state index in [0.29, 0.717) is 12.8 Å². The minimum atomic E-state index is -0.656. The minimum absolute atomic E-state index is 0.0208. The molecule has 4 nitrogen and oxygen atoms in total. The molecule has 1 amide bonds. The topological polar surface area (TPSA) is 86.2 Å². The molecule has 0 radical (unpaired) electrons. The van der Waals surface area contributed by atoms with Crippen LogP contribution in [0.15, 0.2) is 0 Å². The van der Waals surface area contributed by atoms with Crippen LogP contribution in [0, 0.1) is 5.92 Å². The highest BCUT2D eigenvalue weighted by Gasteiger charge is 2.27. The highest BCUT2D eigenvalue weighted by molar-refractivity contribution is 5.85. The number of hydrogen-bond acceptors (Lipinski definition) is 3. The number of nitrogens with two attached hydrogens (primary N) is 2. The summed E-state index contributed by atoms with van der Waals surface area (Å²) in [4.78, 5) is 21.7. The van der Waals surface area contributed by atoms with E-state index in [9.17, 15) is 9.59 Å². The summed E-state index contributed by atoms with van der Waals surface area (Å²) >= 11 is 0. The average molecular weight is 170 g/mol. The Bertz CT molecular complexity index is 203. The van der Waals surface area contributed by atoms with E-state index in [1.165, 1.54) is 0 Å². The Hall–Kier alpha value is -0.900. The molecule has 0 saturated heterocycles. The van der Waals surface area contributed by atoms with Crippen LogP contribution in [-0.4, -0.2) is 17.7 Å². The van der Waals surface area contributed by atoms with Crippen LogP contribution in [0.2, 0.25) is 0 Å². The number of hydrogen-bond donors (Lipinski definition) is 2. The van der Waals surface area contributed by atoms with Gasteiger partial charge in [-0.2, -0.15) is 0 Å². The van der Waals surface area contributed by atoms with Gasteiger partial charge in [0.1, 0.15) is 5.78 Å². The summed E-state index contributed by atoms with van der Waals surface area (Å²) in [6.45, 7) is 0. The zero-order valence-corrected chi connectivity index (χ0v) is 6.95. The van der Waals surface area contributed by atoms with E-state index in [-0.39, 0.29) is 11.7 Å². The second kappa shape index (κ2) is 3.67. The molecule has 0 heterocycles. The number of carbonyl (C=O) groups is 2. The molecule has 2 atom stereocenters. The van der Waals surface area contributed by atoms with Crippen LogP contribution in [-0.2, 0) is 9.59 Å². The molecule has 0 aromatic rings. The highest BCUT2D eigenvalue weighted by atomic mass is 16.1. The molecule has 1 aliphatic carbocycles. The van der Waals surface area contributed by atoms with Crippen molar-refractivity contribution in [2.75, 3.05) is 0 Å². The summed E-state index contributed by atoms with van der Waals surface area (Å²) in [5.41, 5.74) is 10.4. The zero-order valence-electron chi connectivity index (χ0n) is 6.95. The number of ketones is 1. The Balaban J connectivity index is 2.40. The smallest absolute Gasteiger partial charge is 0.234 e. The van der Waals surface area contributed by atoms with Gasteiger partial charge in [0.2, 0.25) is 5.91 Å². The summed E-state index contributed by atoms with van der Waals surface area (Å²) in [6.07, 6.45) is 2.85. The first-order chi connectivity index (χ1) is 5.61. The fraction of sp³-hybridized carbons (Fsp3) is 0.750. The number of rotatable bonds is 3. The Kier molecular flexibility index (Phi) is 2.81. The van der Waals surface area contributed by atoms with Gasteiger partial charge in [-0.15, -0.1) is 0 Å². The molecule has 0 spiro atoms. The van der Waals surface area contributed by atoms with Crippen molar-refractivity contribution in [3.8, 4) is 0 Å². The minimum Gasteiger partial charge on any atom is -0.368 e. The predicted octanol–water partition coefficient (Wildman–Crippen LogP) is -0.442. The second-order valence-corrected chi connectivity index (χ2v) is 3.30. The van der Waals surface area contributed by atoms with Crippen molar-refractivity contribution in [1.29, 1.82) is 0 Å². The molecule has 0 bridgehead atoms. The van der Waals surface area contributed by atoms with Gasteiger partial charge in [0.25, 0.3) is 0 Å². The maximum absolute atomic E-state index is 11.1. The third kappa shape index (κ3) is 2.04. The summed E-state index contributed by atoms with van der Waals surface area (Å²) in [7, 11) is 0. The van der Waals surface area contributed by atoms with Crippen molar-refractivity contribution in [2.45, 2.75) is 31.7 Å². The molecule has 1 aliphatic rings. The van der Waals surface area contributed by atoms with Gasteiger partial charge in [-0.1, -0.05) is 0 Å². The lowest BCUT2D eigenvalue weighted by atomic mass is 9.98. The molecule has 0 aromatic heterocycles. The van der Waals surface area contributed by atoms with Crippen molar-refractivity contribution >= 4 is 11.7 Å². The van der Waals surface area contributed by atoms with Crippen molar-refractivity contribution in [2.24, 2.45) is 17.4 Å². The van der Waals surface area contributed by atoms with Crippen molar-refractivity contribution in [3.63, 3.8) is 0 Å². The molecular weight excluding hydrogens is 156 g/mol. The SMILES string of the molecule is NC(=O)[C@@H](N)C[C@@H]1CCCC1=O. The zero-order chi connectivity index (χ0) is 9.14. The van der Waals surface area contributed by atoms with Crippen molar-refractivity contribution in [1.82, 2.24) is 0 Å². The van der Waals surface area contributed by atoms with Gasteiger partial charge in [0, 0.05) is 12.3 Å². The van der Waals surface area contributed by atoms with Crippen LogP contribution in [0.5, 0.6) is 0 Å². The van der Waals surface area contributed by atoms with Gasteiger partial charge >= 0.3 is 0 Å². The van der Waals surface area contributed by atoms with E-state index in [2.05, 4.69) is 0 Å². The molecule has 1 fully saturated rings. The molecule has 68 valence electrons. The maximum atomic E-state index is 11.1. The standard InChI is InChI=1S/C8H14N2O2/c9-6(8(10)12)4-5-2-1-3-7(5)11/h5-6H,1-4,9H2,(H2,10,12)/t5-,6-/m0/s1. The molecule has 1 rings (SSSR count). The third-order valence-corrected chi connectivity index (χ3v) is 2.34. The van der Waals surface area contributed by atoms with Gasteiger partial charge in [-0.3, -0.25) is 9.59 Å². The summed E-state index contributed by atoms with van der Waals surface area (Å²) in [5, 5.41) is 0. The fourth-order valence-electron chi connectivity index (χ4n) is 1.56. The first-order valence-corrected chi connectivity index (χ1v) is 4.19. The fourth-order valence-corrected chi connectivity index (χ4v) is 1.56. The number of carbonyl (C=O) groups excluding carboxylic acids is 2. The Morgan fingerprint density at radius 1 is 1.67 bits per heavy atom. The Morgan fingerprint density at radius 2 is 2.33 bits per heavy atom. The van der Waals surface area contributed by atoms with E-state index in [0.717, 1.165) is 12.8 Å². The maximum Gasteiger partial charge on any atom is 0.234 e. The lowest BCUT2D eigenvalue weighted by Crippen LogP contribution is -2.38. The third-order valence-electron chi connectivity index (χ3n) is 2.34. The summed E-state index contributed by atoms with van der Waals surface area (Å²) in [5.74, 6) is -0.311. The first kappa shape index (κ1) is 9.19. The molecule has 4 N–H and O–H groups in total. The van der Waals surface area contributed by atoms with Crippen molar-refractivity contribution in [3.05, 3.63) is 0 Å². The lowest BCUT2D eigenvalue weighted by Gasteiger charge is -2.11. The predicted molar refractivity (Wildman–Crippen MR) is 44.1 cm³/mol. The van der Waals surface area contributed by atoms with Crippen LogP contribution < -0.4 is 11.5 Å². The quantitative estimate of drug-likeness (QED) is 0.602. The van der Waals surface area contributed by atoms with E-state index in [4.69, 9.17) is 11.5 Å². The summed E-state index contributed by atoms with van der Waals surface area (Å²) < 4.78 is 0. The molecule has 4 heteroatoms. The highest BCUT2D eigenvalue weighted by Crippen LogP contribution is 2.24. The first-order valence-electron chi connectivity index (χ1n) is 4.19. The molecule has 12 heavy (non-hydrogen) atoms. The van der Waals surface area contributed by atoms with E-state index in [1.807, 2.05) is 0 Å². The normalized spacial score (nSPS) is 25.8. The molecular formula is C8H14N2O2. The van der Waals surface area contributed by atoms with Gasteiger partial charge in [0.15, 0.2) is 0 Å². The van der Waals surface area contributed by atoms with Crippen LogP contribution in [0.1, 0.15) is 25.7 Å². The number of Topliss-reactive ketones (excluding diaryl/α,β-unsaturated/α-hetero) is 1. The van der Waals surface area contributed by atoms with E-state index in [1.54, 1.807) is 0 Å². The average Bonchev–Trinajstić information content (AvgIpc) is 2.36. The van der Waals surface area contributed by atoms with Crippen LogP contribution in [0.3, 0.4) is 0 Å². The monoisotopic (exact) mass is 170 g/mol. The molecule has 0 aliphatic heterocycles. The number of primary amides is 1. The summed E-state index contributed by atoms with van der Waals surface area (Å²) in [6, 6.07) is -0.656. The van der Waals surface area contributed by atoms with Crippen molar-refractivity contribution < 1.29 is 9.59 Å². The second-order valence-electron chi connectivity index (χ2n) is 3.30. The molecule has 0 aromatic carbocycles. The Morgan fingerprint density at radius 3 is 2.75 bits per heavy atom. The van der Waals surface area contributed by atoms with Gasteiger partial charge in [-0.25, -0.2) is 0 Å². The molecule has 1 saturated carbocycles.